The molecule has 0 aliphatic carbocycles. The molecule has 31 heavy (non-hydrogen) atoms. The number of ether oxygens (including phenoxy) is 2. The topological polar surface area (TPSA) is 59.6 Å². The summed E-state index contributed by atoms with van der Waals surface area (Å²) < 4.78 is 11.5. The maximum atomic E-state index is 12.2. The highest BCUT2D eigenvalue weighted by atomic mass is 16.5. The van der Waals surface area contributed by atoms with Crippen LogP contribution in [0.5, 0.6) is 11.5 Å². The molecule has 1 amide bonds. The van der Waals surface area contributed by atoms with E-state index >= 15 is 0 Å². The zero-order valence-electron chi connectivity index (χ0n) is 18.1. The van der Waals surface area contributed by atoms with Crippen LogP contribution in [0.2, 0.25) is 0 Å². The summed E-state index contributed by atoms with van der Waals surface area (Å²) in [5.74, 6) is 2.11. The molecule has 0 radical (unpaired) electrons. The summed E-state index contributed by atoms with van der Waals surface area (Å²) in [5, 5.41) is 6.01. The van der Waals surface area contributed by atoms with Crippen molar-refractivity contribution in [2.75, 3.05) is 23.8 Å². The van der Waals surface area contributed by atoms with Crippen LogP contribution >= 0.6 is 0 Å². The third-order valence-corrected chi connectivity index (χ3v) is 4.66. The molecule has 0 saturated heterocycles. The minimum atomic E-state index is -0.116. The van der Waals surface area contributed by atoms with Crippen molar-refractivity contribution < 1.29 is 14.3 Å². The van der Waals surface area contributed by atoms with Crippen molar-refractivity contribution in [1.29, 1.82) is 0 Å². The van der Waals surface area contributed by atoms with E-state index < -0.39 is 0 Å². The maximum absolute atomic E-state index is 12.2. The summed E-state index contributed by atoms with van der Waals surface area (Å²) in [6.45, 7) is 5.76. The molecule has 0 unspecified atom stereocenters. The summed E-state index contributed by atoms with van der Waals surface area (Å²) in [6, 6.07) is 25.0. The molecular formula is C26H30N2O3. The lowest BCUT2D eigenvalue weighted by atomic mass is 10.1. The molecule has 0 saturated carbocycles. The van der Waals surface area contributed by atoms with Crippen LogP contribution < -0.4 is 20.1 Å². The van der Waals surface area contributed by atoms with Crippen LogP contribution in [0, 0.1) is 5.92 Å². The average molecular weight is 419 g/mol. The molecule has 2 N–H and O–H groups in total. The smallest absolute Gasteiger partial charge is 0.243 e. The summed E-state index contributed by atoms with van der Waals surface area (Å²) in [4.78, 5) is 12.2. The predicted octanol–water partition coefficient (Wildman–Crippen LogP) is 5.74. The minimum absolute atomic E-state index is 0.116. The van der Waals surface area contributed by atoms with Crippen LogP contribution in [0.4, 0.5) is 11.4 Å². The van der Waals surface area contributed by atoms with Crippen LogP contribution in [0.3, 0.4) is 0 Å². The summed E-state index contributed by atoms with van der Waals surface area (Å²) in [5.41, 5.74) is 2.71. The quantitative estimate of drug-likeness (QED) is 0.417. The highest BCUT2D eigenvalue weighted by Gasteiger charge is 2.04. The molecule has 0 fully saturated rings. The Labute approximate surface area is 184 Å². The Hall–Kier alpha value is -3.47. The molecule has 0 aliphatic rings. The second-order valence-electron chi connectivity index (χ2n) is 7.76. The van der Waals surface area contributed by atoms with Crippen molar-refractivity contribution in [1.82, 2.24) is 0 Å². The second-order valence-corrected chi connectivity index (χ2v) is 7.76. The van der Waals surface area contributed by atoms with Crippen molar-refractivity contribution in [2.45, 2.75) is 26.9 Å². The first kappa shape index (κ1) is 22.2. The zero-order valence-corrected chi connectivity index (χ0v) is 18.1. The van der Waals surface area contributed by atoms with Gasteiger partial charge >= 0.3 is 0 Å². The molecule has 0 atom stereocenters. The molecule has 5 nitrogen and oxygen atoms in total. The number of rotatable bonds is 11. The molecule has 0 bridgehead atoms. The molecule has 0 heterocycles. The number of nitrogens with one attached hydrogen (secondary N) is 2. The number of anilines is 2. The van der Waals surface area contributed by atoms with E-state index in [-0.39, 0.29) is 12.5 Å². The van der Waals surface area contributed by atoms with E-state index in [2.05, 4.69) is 24.5 Å². The Morgan fingerprint density at radius 2 is 1.42 bits per heavy atom. The standard InChI is InChI=1S/C26H30N2O3/c1-20(2)16-17-30-24-12-8-22(9-13-24)27-18-26(29)28-23-10-14-25(15-11-23)31-19-21-6-4-3-5-7-21/h3-15,20,27H,16-19H2,1-2H3,(H,28,29). The van der Waals surface area contributed by atoms with Gasteiger partial charge in [0, 0.05) is 11.4 Å². The third kappa shape index (κ3) is 8.05. The van der Waals surface area contributed by atoms with E-state index in [9.17, 15) is 4.79 Å². The predicted molar refractivity (Wildman–Crippen MR) is 126 cm³/mol. The van der Waals surface area contributed by atoms with Gasteiger partial charge in [0.05, 0.1) is 13.2 Å². The fourth-order valence-corrected chi connectivity index (χ4v) is 2.84. The van der Waals surface area contributed by atoms with Gasteiger partial charge in [-0.05, 0) is 66.4 Å². The molecule has 162 valence electrons. The van der Waals surface area contributed by atoms with Crippen LogP contribution in [0.15, 0.2) is 78.9 Å². The molecule has 0 aromatic heterocycles. The van der Waals surface area contributed by atoms with Crippen molar-refractivity contribution in [3.63, 3.8) is 0 Å². The molecular weight excluding hydrogens is 388 g/mol. The Kier molecular flexibility index (Phi) is 8.35. The van der Waals surface area contributed by atoms with Gasteiger partial charge in [-0.15, -0.1) is 0 Å². The van der Waals surface area contributed by atoms with Crippen LogP contribution in [0.1, 0.15) is 25.8 Å². The van der Waals surface area contributed by atoms with Crippen LogP contribution in [0.25, 0.3) is 0 Å². The first-order chi connectivity index (χ1) is 15.1. The lowest BCUT2D eigenvalue weighted by Gasteiger charge is -2.11. The van der Waals surface area contributed by atoms with Crippen molar-refractivity contribution in [2.24, 2.45) is 5.92 Å². The number of amides is 1. The average Bonchev–Trinajstić information content (AvgIpc) is 2.78. The molecule has 0 aliphatic heterocycles. The highest BCUT2D eigenvalue weighted by molar-refractivity contribution is 5.93. The zero-order chi connectivity index (χ0) is 21.9. The van der Waals surface area contributed by atoms with E-state index in [1.165, 1.54) is 0 Å². The summed E-state index contributed by atoms with van der Waals surface area (Å²) in [6.07, 6.45) is 1.03. The number of hydrogen-bond acceptors (Lipinski definition) is 4. The van der Waals surface area contributed by atoms with Gasteiger partial charge in [0.1, 0.15) is 18.1 Å². The molecule has 5 heteroatoms. The van der Waals surface area contributed by atoms with Crippen LogP contribution in [-0.4, -0.2) is 19.1 Å². The van der Waals surface area contributed by atoms with Gasteiger partial charge in [-0.1, -0.05) is 44.2 Å². The molecule has 3 aromatic carbocycles. The maximum Gasteiger partial charge on any atom is 0.243 e. The first-order valence-electron chi connectivity index (χ1n) is 10.6. The van der Waals surface area contributed by atoms with Crippen molar-refractivity contribution in [3.05, 3.63) is 84.4 Å². The van der Waals surface area contributed by atoms with Crippen LogP contribution in [-0.2, 0) is 11.4 Å². The molecule has 0 spiro atoms. The summed E-state index contributed by atoms with van der Waals surface area (Å²) in [7, 11) is 0. The van der Waals surface area contributed by atoms with E-state index in [0.717, 1.165) is 34.9 Å². The van der Waals surface area contributed by atoms with Gasteiger partial charge in [-0.25, -0.2) is 0 Å². The van der Waals surface area contributed by atoms with E-state index in [0.29, 0.717) is 19.1 Å². The third-order valence-electron chi connectivity index (χ3n) is 4.66. The van der Waals surface area contributed by atoms with Gasteiger partial charge < -0.3 is 20.1 Å². The Bertz CT molecular complexity index is 923. The van der Waals surface area contributed by atoms with E-state index in [1.54, 1.807) is 0 Å². The van der Waals surface area contributed by atoms with Gasteiger partial charge in [0.15, 0.2) is 0 Å². The van der Waals surface area contributed by atoms with Gasteiger partial charge in [-0.2, -0.15) is 0 Å². The lowest BCUT2D eigenvalue weighted by molar-refractivity contribution is -0.114. The van der Waals surface area contributed by atoms with Gasteiger partial charge in [0.25, 0.3) is 0 Å². The Morgan fingerprint density at radius 1 is 0.806 bits per heavy atom. The number of benzene rings is 3. The number of carbonyl (C=O) groups is 1. The first-order valence-corrected chi connectivity index (χ1v) is 10.6. The lowest BCUT2D eigenvalue weighted by Crippen LogP contribution is -2.21. The second kappa shape index (κ2) is 11.6. The molecule has 3 aromatic rings. The van der Waals surface area contributed by atoms with E-state index in [1.807, 2.05) is 78.9 Å². The number of carbonyl (C=O) groups excluding carboxylic acids is 1. The largest absolute Gasteiger partial charge is 0.494 e. The Balaban J connectivity index is 1.39. The summed E-state index contributed by atoms with van der Waals surface area (Å²) >= 11 is 0. The van der Waals surface area contributed by atoms with Gasteiger partial charge in [-0.3, -0.25) is 4.79 Å². The van der Waals surface area contributed by atoms with E-state index in [4.69, 9.17) is 9.47 Å². The monoisotopic (exact) mass is 418 g/mol. The highest BCUT2D eigenvalue weighted by Crippen LogP contribution is 2.18. The SMILES string of the molecule is CC(C)CCOc1ccc(NCC(=O)Nc2ccc(OCc3ccccc3)cc2)cc1. The fraction of sp³-hybridized carbons (Fsp3) is 0.269. The fourth-order valence-electron chi connectivity index (χ4n) is 2.84. The van der Waals surface area contributed by atoms with Crippen molar-refractivity contribution in [3.8, 4) is 11.5 Å². The minimum Gasteiger partial charge on any atom is -0.494 e. The van der Waals surface area contributed by atoms with Crippen molar-refractivity contribution >= 4 is 17.3 Å². The molecule has 3 rings (SSSR count). The van der Waals surface area contributed by atoms with Gasteiger partial charge in [0.2, 0.25) is 5.91 Å². The Morgan fingerprint density at radius 3 is 2.06 bits per heavy atom. The normalized spacial score (nSPS) is 10.5. The number of hydrogen-bond donors (Lipinski definition) is 2.